The summed E-state index contributed by atoms with van der Waals surface area (Å²) in [5.74, 6) is 0. The largest absolute Gasteiger partial charge is 0.473 e. The van der Waals surface area contributed by atoms with Crippen LogP contribution in [0.5, 0.6) is 0 Å². The van der Waals surface area contributed by atoms with Crippen LogP contribution in [0.15, 0.2) is 11.5 Å². The Morgan fingerprint density at radius 1 is 1.20 bits per heavy atom. The monoisotopic (exact) mass is 298 g/mol. The fourth-order valence-corrected chi connectivity index (χ4v) is 2.75. The molecule has 1 rings (SSSR count). The molecule has 0 bridgehead atoms. The predicted octanol–water partition coefficient (Wildman–Crippen LogP) is 5.65. The SMILES string of the molecule is CCCCCC[C@H]1CCC[C@H](O/C=C(\C)[Si](C)(C)C)O1. The molecule has 1 aliphatic heterocycles. The Morgan fingerprint density at radius 2 is 1.95 bits per heavy atom. The van der Waals surface area contributed by atoms with Crippen LogP contribution in [0.1, 0.15) is 65.2 Å². The summed E-state index contributed by atoms with van der Waals surface area (Å²) in [6, 6.07) is 0. The van der Waals surface area contributed by atoms with Crippen molar-refractivity contribution in [2.24, 2.45) is 0 Å². The zero-order chi connectivity index (χ0) is 15.0. The van der Waals surface area contributed by atoms with Crippen molar-refractivity contribution < 1.29 is 9.47 Å². The minimum absolute atomic E-state index is 0.00812. The van der Waals surface area contributed by atoms with Gasteiger partial charge in [-0.2, -0.15) is 0 Å². The molecule has 1 fully saturated rings. The molecule has 0 unspecified atom stereocenters. The molecule has 0 aromatic carbocycles. The molecule has 2 nitrogen and oxygen atoms in total. The highest BCUT2D eigenvalue weighted by Gasteiger charge is 2.23. The van der Waals surface area contributed by atoms with Crippen molar-refractivity contribution in [2.75, 3.05) is 0 Å². The number of hydrogen-bond acceptors (Lipinski definition) is 2. The Hall–Kier alpha value is -0.283. The highest BCUT2D eigenvalue weighted by molar-refractivity contribution is 6.82. The van der Waals surface area contributed by atoms with E-state index in [2.05, 4.69) is 33.5 Å². The molecular formula is C17H34O2Si. The minimum Gasteiger partial charge on any atom is -0.473 e. The summed E-state index contributed by atoms with van der Waals surface area (Å²) in [4.78, 5) is 0. The highest BCUT2D eigenvalue weighted by Crippen LogP contribution is 2.25. The van der Waals surface area contributed by atoms with Crippen LogP contribution in [0.25, 0.3) is 0 Å². The Kier molecular flexibility index (Phi) is 7.89. The van der Waals surface area contributed by atoms with Crippen molar-refractivity contribution in [1.29, 1.82) is 0 Å². The summed E-state index contributed by atoms with van der Waals surface area (Å²) >= 11 is 0. The lowest BCUT2D eigenvalue weighted by molar-refractivity contribution is -0.168. The van der Waals surface area contributed by atoms with Gasteiger partial charge in [-0.15, -0.1) is 0 Å². The van der Waals surface area contributed by atoms with E-state index in [4.69, 9.17) is 9.47 Å². The van der Waals surface area contributed by atoms with Gasteiger partial charge in [-0.05, 0) is 26.2 Å². The fraction of sp³-hybridized carbons (Fsp3) is 0.882. The lowest BCUT2D eigenvalue weighted by Crippen LogP contribution is -2.29. The minimum atomic E-state index is -1.21. The molecule has 20 heavy (non-hydrogen) atoms. The van der Waals surface area contributed by atoms with Crippen molar-refractivity contribution >= 4 is 8.07 Å². The van der Waals surface area contributed by atoms with E-state index in [0.29, 0.717) is 6.10 Å². The standard InChI is InChI=1S/C17H34O2Si/c1-6-7-8-9-11-16-12-10-13-17(19-16)18-14-15(2)20(3,4)5/h14,16-17H,6-13H2,1-5H3/b15-14+/t16-,17+/m0/s1. The number of rotatable bonds is 8. The zero-order valence-corrected chi connectivity index (χ0v) is 15.2. The van der Waals surface area contributed by atoms with E-state index < -0.39 is 8.07 Å². The first kappa shape index (κ1) is 17.8. The van der Waals surface area contributed by atoms with E-state index in [1.54, 1.807) is 0 Å². The topological polar surface area (TPSA) is 18.5 Å². The van der Waals surface area contributed by atoms with Crippen molar-refractivity contribution in [3.8, 4) is 0 Å². The smallest absolute Gasteiger partial charge is 0.199 e. The van der Waals surface area contributed by atoms with Gasteiger partial charge in [0.1, 0.15) is 0 Å². The molecule has 0 aromatic rings. The molecule has 1 aliphatic rings. The van der Waals surface area contributed by atoms with Crippen molar-refractivity contribution in [3.05, 3.63) is 11.5 Å². The summed E-state index contributed by atoms with van der Waals surface area (Å²) in [6.07, 6.45) is 12.4. The second-order valence-electron chi connectivity index (χ2n) is 7.15. The third kappa shape index (κ3) is 6.94. The van der Waals surface area contributed by atoms with Gasteiger partial charge >= 0.3 is 0 Å². The van der Waals surface area contributed by atoms with E-state index in [-0.39, 0.29) is 6.29 Å². The molecule has 1 saturated heterocycles. The number of ether oxygens (including phenoxy) is 2. The number of allylic oxidation sites excluding steroid dienone is 1. The van der Waals surface area contributed by atoms with Gasteiger partial charge in [-0.3, -0.25) is 0 Å². The average Bonchev–Trinajstić information content (AvgIpc) is 2.40. The quantitative estimate of drug-likeness (QED) is 0.327. The third-order valence-corrected chi connectivity index (χ3v) is 6.75. The van der Waals surface area contributed by atoms with Gasteiger partial charge < -0.3 is 9.47 Å². The molecular weight excluding hydrogens is 264 g/mol. The average molecular weight is 299 g/mol. The molecule has 0 aromatic heterocycles. The van der Waals surface area contributed by atoms with Gasteiger partial charge in [-0.25, -0.2) is 0 Å². The lowest BCUT2D eigenvalue weighted by Gasteiger charge is -2.30. The Bertz CT molecular complexity index is 294. The summed E-state index contributed by atoms with van der Waals surface area (Å²) in [6.45, 7) is 11.5. The zero-order valence-electron chi connectivity index (χ0n) is 14.2. The van der Waals surface area contributed by atoms with Crippen LogP contribution < -0.4 is 0 Å². The van der Waals surface area contributed by atoms with Crippen molar-refractivity contribution in [1.82, 2.24) is 0 Å². The van der Waals surface area contributed by atoms with Gasteiger partial charge in [0, 0.05) is 6.42 Å². The first-order valence-electron chi connectivity index (χ1n) is 8.41. The fourth-order valence-electron chi connectivity index (χ4n) is 2.33. The second-order valence-corrected chi connectivity index (χ2v) is 12.4. The molecule has 0 spiro atoms. The van der Waals surface area contributed by atoms with Crippen LogP contribution in [-0.2, 0) is 9.47 Å². The maximum atomic E-state index is 6.08. The van der Waals surface area contributed by atoms with Gasteiger partial charge in [-0.1, -0.05) is 57.4 Å². The molecule has 3 heteroatoms. The van der Waals surface area contributed by atoms with Crippen LogP contribution in [0.2, 0.25) is 19.6 Å². The first-order chi connectivity index (χ1) is 9.43. The molecule has 0 radical (unpaired) electrons. The molecule has 0 aliphatic carbocycles. The van der Waals surface area contributed by atoms with Crippen LogP contribution in [0, 0.1) is 0 Å². The summed E-state index contributed by atoms with van der Waals surface area (Å²) in [5.41, 5.74) is 0. The maximum Gasteiger partial charge on any atom is 0.199 e. The van der Waals surface area contributed by atoms with Crippen LogP contribution in [0.3, 0.4) is 0 Å². The molecule has 118 valence electrons. The predicted molar refractivity (Wildman–Crippen MR) is 89.5 cm³/mol. The Balaban J connectivity index is 2.30. The maximum absolute atomic E-state index is 6.08. The van der Waals surface area contributed by atoms with Crippen LogP contribution in [0.4, 0.5) is 0 Å². The lowest BCUT2D eigenvalue weighted by atomic mass is 10.0. The molecule has 2 atom stereocenters. The van der Waals surface area contributed by atoms with Crippen LogP contribution >= 0.6 is 0 Å². The number of unbranched alkanes of at least 4 members (excludes halogenated alkanes) is 3. The Morgan fingerprint density at radius 3 is 2.60 bits per heavy atom. The van der Waals surface area contributed by atoms with Crippen LogP contribution in [-0.4, -0.2) is 20.5 Å². The highest BCUT2D eigenvalue weighted by atomic mass is 28.3. The van der Waals surface area contributed by atoms with Crippen molar-refractivity contribution in [2.45, 2.75) is 97.2 Å². The van der Waals surface area contributed by atoms with Gasteiger partial charge in [0.05, 0.1) is 20.4 Å². The second kappa shape index (κ2) is 8.88. The summed E-state index contributed by atoms with van der Waals surface area (Å²) in [5, 5.41) is 1.41. The first-order valence-corrected chi connectivity index (χ1v) is 11.9. The Labute approximate surface area is 126 Å². The van der Waals surface area contributed by atoms with E-state index in [0.717, 1.165) is 6.42 Å². The molecule has 0 saturated carbocycles. The van der Waals surface area contributed by atoms with E-state index in [1.807, 2.05) is 6.26 Å². The third-order valence-electron chi connectivity index (χ3n) is 4.27. The molecule has 0 N–H and O–H groups in total. The summed E-state index contributed by atoms with van der Waals surface area (Å²) in [7, 11) is -1.21. The molecule has 1 heterocycles. The van der Waals surface area contributed by atoms with Gasteiger partial charge in [0.25, 0.3) is 0 Å². The van der Waals surface area contributed by atoms with Crippen molar-refractivity contribution in [3.63, 3.8) is 0 Å². The normalized spacial score (nSPS) is 24.8. The van der Waals surface area contributed by atoms with E-state index in [9.17, 15) is 0 Å². The van der Waals surface area contributed by atoms with E-state index in [1.165, 1.54) is 50.1 Å². The van der Waals surface area contributed by atoms with E-state index >= 15 is 0 Å². The van der Waals surface area contributed by atoms with Gasteiger partial charge in [0.2, 0.25) is 0 Å². The number of hydrogen-bond donors (Lipinski definition) is 0. The summed E-state index contributed by atoms with van der Waals surface area (Å²) < 4.78 is 12.0. The van der Waals surface area contributed by atoms with Gasteiger partial charge in [0.15, 0.2) is 6.29 Å². The molecule has 0 amide bonds.